The van der Waals surface area contributed by atoms with Gasteiger partial charge < -0.3 is 10.1 Å². The number of carbonyl (C=O) groups excluding carboxylic acids is 1. The number of benzene rings is 1. The van der Waals surface area contributed by atoms with E-state index in [9.17, 15) is 22.4 Å². The Labute approximate surface area is 124 Å². The molecule has 0 fully saturated rings. The number of ether oxygens (including phenoxy) is 1. The number of carbonyl (C=O) groups is 1. The molecule has 0 aliphatic heterocycles. The number of aromatic nitrogens is 1. The summed E-state index contributed by atoms with van der Waals surface area (Å²) in [6, 6.07) is 0.0740. The zero-order valence-electron chi connectivity index (χ0n) is 10.1. The van der Waals surface area contributed by atoms with E-state index in [0.717, 1.165) is 7.11 Å². The molecule has 4 nitrogen and oxygen atoms in total. The van der Waals surface area contributed by atoms with Gasteiger partial charge >= 0.3 is 5.97 Å². The number of nitrogens with one attached hydrogen (secondary N) is 1. The summed E-state index contributed by atoms with van der Waals surface area (Å²) in [6.45, 7) is 0. The second-order valence-corrected chi connectivity index (χ2v) is 4.96. The minimum Gasteiger partial charge on any atom is -0.465 e. The second kappa shape index (κ2) is 5.86. The summed E-state index contributed by atoms with van der Waals surface area (Å²) in [4.78, 5) is 14.8. The van der Waals surface area contributed by atoms with Crippen LogP contribution in [0.2, 0.25) is 5.15 Å². The van der Waals surface area contributed by atoms with Crippen LogP contribution in [0.25, 0.3) is 0 Å². The van der Waals surface area contributed by atoms with Crippen molar-refractivity contribution in [1.82, 2.24) is 4.98 Å². The van der Waals surface area contributed by atoms with Gasteiger partial charge in [0.25, 0.3) is 0 Å². The Bertz CT molecular complexity index is 696. The number of hydrogen-bond donors (Lipinski definition) is 1. The topological polar surface area (TPSA) is 51.2 Å². The molecular formula is C11H5ClF4N2O2S. The number of halogens is 5. The lowest BCUT2D eigenvalue weighted by molar-refractivity contribution is 0.0606. The van der Waals surface area contributed by atoms with Gasteiger partial charge in [-0.05, 0) is 0 Å². The number of thiazole rings is 1. The van der Waals surface area contributed by atoms with E-state index in [0.29, 0.717) is 11.3 Å². The van der Waals surface area contributed by atoms with Gasteiger partial charge in [-0.25, -0.2) is 27.3 Å². The summed E-state index contributed by atoms with van der Waals surface area (Å²) in [7, 11) is 1.10. The Hall–Kier alpha value is -1.87. The van der Waals surface area contributed by atoms with Crippen LogP contribution in [0.4, 0.5) is 28.4 Å². The Morgan fingerprint density at radius 3 is 2.38 bits per heavy atom. The molecule has 10 heteroatoms. The molecule has 1 aromatic carbocycles. The Kier molecular flexibility index (Phi) is 4.33. The standard InChI is InChI=1S/C11H5ClF4N2O2S/c1-20-10(19)8-9(12)18-11(21-8)17-7-5(15)3(13)2-4(14)6(7)16/h2H,1H3,(H,17,18). The molecule has 0 bridgehead atoms. The van der Waals surface area contributed by atoms with E-state index < -0.39 is 34.9 Å². The van der Waals surface area contributed by atoms with Gasteiger partial charge in [-0.2, -0.15) is 0 Å². The lowest BCUT2D eigenvalue weighted by Gasteiger charge is -2.07. The van der Waals surface area contributed by atoms with Crippen molar-refractivity contribution in [2.24, 2.45) is 0 Å². The lowest BCUT2D eigenvalue weighted by atomic mass is 10.2. The summed E-state index contributed by atoms with van der Waals surface area (Å²) in [6.07, 6.45) is 0. The van der Waals surface area contributed by atoms with Gasteiger partial charge in [0.15, 0.2) is 38.4 Å². The third-order valence-corrected chi connectivity index (χ3v) is 3.64. The third-order valence-electron chi connectivity index (χ3n) is 2.30. The van der Waals surface area contributed by atoms with Gasteiger partial charge in [0.1, 0.15) is 5.69 Å². The van der Waals surface area contributed by atoms with Crippen molar-refractivity contribution in [2.45, 2.75) is 0 Å². The maximum absolute atomic E-state index is 13.5. The summed E-state index contributed by atoms with van der Waals surface area (Å²) < 4.78 is 57.5. The number of hydrogen-bond acceptors (Lipinski definition) is 5. The second-order valence-electron chi connectivity index (χ2n) is 3.60. The first-order chi connectivity index (χ1) is 9.85. The molecule has 0 amide bonds. The molecule has 1 N–H and O–H groups in total. The Morgan fingerprint density at radius 2 is 1.86 bits per heavy atom. The van der Waals surface area contributed by atoms with E-state index in [1.165, 1.54) is 0 Å². The predicted molar refractivity (Wildman–Crippen MR) is 68.0 cm³/mol. The van der Waals surface area contributed by atoms with Crippen LogP contribution >= 0.6 is 22.9 Å². The molecule has 0 saturated carbocycles. The average molecular weight is 341 g/mol. The molecule has 112 valence electrons. The van der Waals surface area contributed by atoms with Crippen molar-refractivity contribution < 1.29 is 27.1 Å². The zero-order valence-corrected chi connectivity index (χ0v) is 11.7. The van der Waals surface area contributed by atoms with E-state index in [-0.39, 0.29) is 21.2 Å². The van der Waals surface area contributed by atoms with E-state index in [4.69, 9.17) is 11.6 Å². The van der Waals surface area contributed by atoms with E-state index in [2.05, 4.69) is 9.72 Å². The Balaban J connectivity index is 2.42. The predicted octanol–water partition coefficient (Wildman–Crippen LogP) is 3.88. The highest BCUT2D eigenvalue weighted by Crippen LogP contribution is 2.32. The van der Waals surface area contributed by atoms with Crippen LogP contribution in [0.15, 0.2) is 6.07 Å². The fourth-order valence-electron chi connectivity index (χ4n) is 1.36. The highest BCUT2D eigenvalue weighted by molar-refractivity contribution is 7.18. The van der Waals surface area contributed by atoms with Crippen LogP contribution < -0.4 is 5.32 Å². The van der Waals surface area contributed by atoms with Crippen molar-refractivity contribution in [3.05, 3.63) is 39.4 Å². The van der Waals surface area contributed by atoms with Crippen LogP contribution in [0, 0.1) is 23.3 Å². The van der Waals surface area contributed by atoms with Crippen molar-refractivity contribution >= 4 is 39.7 Å². The van der Waals surface area contributed by atoms with Gasteiger partial charge in [-0.1, -0.05) is 22.9 Å². The first-order valence-corrected chi connectivity index (χ1v) is 6.39. The molecule has 0 aliphatic rings. The summed E-state index contributed by atoms with van der Waals surface area (Å²) >= 11 is 6.26. The van der Waals surface area contributed by atoms with Crippen LogP contribution in [-0.4, -0.2) is 18.1 Å². The van der Waals surface area contributed by atoms with E-state index >= 15 is 0 Å². The molecule has 1 aromatic heterocycles. The largest absolute Gasteiger partial charge is 0.465 e. The van der Waals surface area contributed by atoms with Crippen molar-refractivity contribution in [3.8, 4) is 0 Å². The molecule has 0 atom stereocenters. The fourth-order valence-corrected chi connectivity index (χ4v) is 2.47. The van der Waals surface area contributed by atoms with Gasteiger partial charge in [0.05, 0.1) is 7.11 Å². The van der Waals surface area contributed by atoms with Crippen molar-refractivity contribution in [3.63, 3.8) is 0 Å². The fraction of sp³-hybridized carbons (Fsp3) is 0.0909. The number of rotatable bonds is 3. The van der Waals surface area contributed by atoms with Gasteiger partial charge in [0.2, 0.25) is 0 Å². The molecule has 0 radical (unpaired) electrons. The molecule has 1 heterocycles. The lowest BCUT2D eigenvalue weighted by Crippen LogP contribution is -2.02. The third kappa shape index (κ3) is 2.93. The molecule has 0 unspecified atom stereocenters. The molecule has 0 spiro atoms. The monoisotopic (exact) mass is 340 g/mol. The smallest absolute Gasteiger partial charge is 0.351 e. The van der Waals surface area contributed by atoms with Crippen LogP contribution in [0.1, 0.15) is 9.67 Å². The van der Waals surface area contributed by atoms with Gasteiger partial charge in [-0.15, -0.1) is 0 Å². The molecule has 0 aliphatic carbocycles. The molecule has 0 saturated heterocycles. The quantitative estimate of drug-likeness (QED) is 0.523. The minimum atomic E-state index is -1.63. The number of nitrogens with zero attached hydrogens (tertiary/aromatic N) is 1. The molecule has 2 aromatic rings. The summed E-state index contributed by atoms with van der Waals surface area (Å²) in [5.74, 6) is -7.21. The van der Waals surface area contributed by atoms with Crippen LogP contribution in [0.3, 0.4) is 0 Å². The highest BCUT2D eigenvalue weighted by atomic mass is 35.5. The van der Waals surface area contributed by atoms with Crippen molar-refractivity contribution in [2.75, 3.05) is 12.4 Å². The first-order valence-electron chi connectivity index (χ1n) is 5.19. The SMILES string of the molecule is COC(=O)c1sc(Nc2c(F)c(F)cc(F)c2F)nc1Cl. The number of anilines is 2. The van der Waals surface area contributed by atoms with Gasteiger partial charge in [0, 0.05) is 6.07 Å². The minimum absolute atomic E-state index is 0.0740. The van der Waals surface area contributed by atoms with Crippen LogP contribution in [-0.2, 0) is 4.74 Å². The van der Waals surface area contributed by atoms with Crippen molar-refractivity contribution in [1.29, 1.82) is 0 Å². The van der Waals surface area contributed by atoms with E-state index in [1.54, 1.807) is 0 Å². The van der Waals surface area contributed by atoms with E-state index in [1.807, 2.05) is 5.32 Å². The summed E-state index contributed by atoms with van der Waals surface area (Å²) in [5, 5.41) is 1.54. The molecule has 21 heavy (non-hydrogen) atoms. The first kappa shape index (κ1) is 15.5. The molecule has 2 rings (SSSR count). The Morgan fingerprint density at radius 1 is 1.29 bits per heavy atom. The van der Waals surface area contributed by atoms with Gasteiger partial charge in [-0.3, -0.25) is 0 Å². The summed E-state index contributed by atoms with van der Waals surface area (Å²) in [5.41, 5.74) is -1.07. The van der Waals surface area contributed by atoms with Crippen LogP contribution in [0.5, 0.6) is 0 Å². The maximum Gasteiger partial charge on any atom is 0.351 e. The normalized spacial score (nSPS) is 10.6. The number of esters is 1. The zero-order chi connectivity index (χ0) is 15.7. The maximum atomic E-state index is 13.5. The number of methoxy groups -OCH3 is 1. The average Bonchev–Trinajstić information content (AvgIpc) is 2.81. The highest BCUT2D eigenvalue weighted by Gasteiger charge is 2.22. The molecular weight excluding hydrogens is 336 g/mol.